The second kappa shape index (κ2) is 6.83. The molecule has 1 aromatic rings. The van der Waals surface area contributed by atoms with Crippen molar-refractivity contribution in [1.82, 2.24) is 0 Å². The van der Waals surface area contributed by atoms with Crippen LogP contribution < -0.4 is 9.80 Å². The number of nitrogens with one attached hydrogen (secondary N) is 1. The highest BCUT2D eigenvalue weighted by Gasteiger charge is 2.12. The van der Waals surface area contributed by atoms with Gasteiger partial charge in [0, 0.05) is 0 Å². The Balaban J connectivity index is 3.07. The van der Waals surface area contributed by atoms with Crippen molar-refractivity contribution in [3.05, 3.63) is 21.6 Å². The van der Waals surface area contributed by atoms with Crippen LogP contribution in [0.25, 0.3) is 0 Å². The smallest absolute Gasteiger partial charge is 0.152 e. The number of ether oxygens (including phenoxy) is 1. The average Bonchev–Trinajstić information content (AvgIpc) is 2.30. The highest BCUT2D eigenvalue weighted by atomic mass is 79.9. The molecule has 0 fully saturated rings. The van der Waals surface area contributed by atoms with Gasteiger partial charge in [-0.1, -0.05) is 11.6 Å². The van der Waals surface area contributed by atoms with Crippen LogP contribution in [0, 0.1) is 5.41 Å². The summed E-state index contributed by atoms with van der Waals surface area (Å²) < 4.78 is 6.13. The Kier molecular flexibility index (Phi) is 5.74. The fourth-order valence-corrected chi connectivity index (χ4v) is 2.23. The first-order valence-electron chi connectivity index (χ1n) is 5.18. The molecule has 0 saturated heterocycles. The second-order valence-corrected chi connectivity index (χ2v) is 4.31. The van der Waals surface area contributed by atoms with Gasteiger partial charge in [-0.05, 0) is 41.9 Å². The maximum atomic E-state index is 7.26. The number of hydrogen-bond donors (Lipinski definition) is 1. The normalized spacial score (nSPS) is 10.1. The van der Waals surface area contributed by atoms with Crippen LogP contribution in [0.1, 0.15) is 13.8 Å². The number of hydroxylamine groups is 1. The van der Waals surface area contributed by atoms with Gasteiger partial charge in [0.05, 0.1) is 28.4 Å². The second-order valence-electron chi connectivity index (χ2n) is 3.04. The van der Waals surface area contributed by atoms with Crippen LogP contribution in [0.3, 0.4) is 0 Å². The maximum absolute atomic E-state index is 7.26. The summed E-state index contributed by atoms with van der Waals surface area (Å²) in [6.45, 7) is 4.75. The van der Waals surface area contributed by atoms with Gasteiger partial charge in [-0.15, -0.1) is 0 Å². The maximum Gasteiger partial charge on any atom is 0.152 e. The number of rotatable bonds is 6. The number of hydrogen-bond acceptors (Lipinski definition) is 3. The van der Waals surface area contributed by atoms with Gasteiger partial charge < -0.3 is 4.74 Å². The summed E-state index contributed by atoms with van der Waals surface area (Å²) >= 11 is 9.48. The minimum atomic E-state index is 0.470. The van der Waals surface area contributed by atoms with E-state index in [0.29, 0.717) is 29.7 Å². The van der Waals surface area contributed by atoms with Gasteiger partial charge in [0.1, 0.15) is 6.34 Å². The third kappa shape index (κ3) is 3.59. The summed E-state index contributed by atoms with van der Waals surface area (Å²) in [5, 5.41) is 9.08. The molecular weight excluding hydrogens is 307 g/mol. The molecule has 17 heavy (non-hydrogen) atoms. The van der Waals surface area contributed by atoms with E-state index in [1.54, 1.807) is 12.1 Å². The van der Waals surface area contributed by atoms with Crippen LogP contribution in [0.15, 0.2) is 16.6 Å². The van der Waals surface area contributed by atoms with E-state index in [0.717, 1.165) is 10.8 Å². The molecule has 0 atom stereocenters. The van der Waals surface area contributed by atoms with Crippen molar-refractivity contribution in [2.24, 2.45) is 0 Å². The largest absolute Gasteiger partial charge is 0.491 e. The molecule has 6 heteroatoms. The summed E-state index contributed by atoms with van der Waals surface area (Å²) in [6, 6.07) is 3.48. The molecule has 1 aromatic carbocycles. The molecule has 0 heterocycles. The summed E-state index contributed by atoms with van der Waals surface area (Å²) in [5.74, 6) is 0.597. The summed E-state index contributed by atoms with van der Waals surface area (Å²) in [6.07, 6.45) is 1.09. The standard InChI is InChI=1S/C11H14BrClN2O2/c1-3-16-11-9(12)5-8(6-10(11)13)15(7-14)17-4-2/h5-7,14H,3-4H2,1-2H3. The Hall–Kier alpha value is -0.780. The van der Waals surface area contributed by atoms with E-state index < -0.39 is 0 Å². The quantitative estimate of drug-likeness (QED) is 0.491. The predicted octanol–water partition coefficient (Wildman–Crippen LogP) is 3.87. The lowest BCUT2D eigenvalue weighted by molar-refractivity contribution is 0.159. The highest BCUT2D eigenvalue weighted by molar-refractivity contribution is 9.10. The Bertz CT molecular complexity index is 378. The molecule has 0 spiro atoms. The molecule has 0 saturated carbocycles. The van der Waals surface area contributed by atoms with E-state index in [2.05, 4.69) is 15.9 Å². The van der Waals surface area contributed by atoms with Gasteiger partial charge in [-0.25, -0.2) is 5.06 Å². The van der Waals surface area contributed by atoms with Crippen LogP contribution in [0.4, 0.5) is 5.69 Å². The van der Waals surface area contributed by atoms with Crippen LogP contribution in [-0.2, 0) is 4.84 Å². The first kappa shape index (κ1) is 14.3. The zero-order chi connectivity index (χ0) is 12.8. The molecule has 4 nitrogen and oxygen atoms in total. The molecule has 0 aliphatic carbocycles. The molecule has 0 radical (unpaired) electrons. The third-order valence-corrected chi connectivity index (χ3v) is 2.78. The molecule has 0 aliphatic rings. The minimum Gasteiger partial charge on any atom is -0.491 e. The predicted molar refractivity (Wildman–Crippen MR) is 73.2 cm³/mol. The molecule has 94 valence electrons. The Morgan fingerprint density at radius 3 is 2.59 bits per heavy atom. The number of anilines is 1. The van der Waals surface area contributed by atoms with E-state index >= 15 is 0 Å². The van der Waals surface area contributed by atoms with E-state index in [4.69, 9.17) is 26.6 Å². The van der Waals surface area contributed by atoms with Gasteiger partial charge in [0.2, 0.25) is 0 Å². The van der Waals surface area contributed by atoms with E-state index in [1.165, 1.54) is 5.06 Å². The van der Waals surface area contributed by atoms with Crippen LogP contribution in [-0.4, -0.2) is 19.6 Å². The summed E-state index contributed by atoms with van der Waals surface area (Å²) in [7, 11) is 0. The topological polar surface area (TPSA) is 45.5 Å². The lowest BCUT2D eigenvalue weighted by Crippen LogP contribution is -2.21. The van der Waals surface area contributed by atoms with Gasteiger partial charge in [-0.3, -0.25) is 10.2 Å². The highest BCUT2D eigenvalue weighted by Crippen LogP contribution is 2.37. The Morgan fingerprint density at radius 1 is 1.41 bits per heavy atom. The zero-order valence-electron chi connectivity index (χ0n) is 9.67. The molecule has 0 aromatic heterocycles. The number of nitrogens with zero attached hydrogens (tertiary/aromatic N) is 1. The zero-order valence-corrected chi connectivity index (χ0v) is 12.0. The molecule has 0 bridgehead atoms. The molecule has 0 amide bonds. The molecule has 0 aliphatic heterocycles. The van der Waals surface area contributed by atoms with E-state index in [-0.39, 0.29) is 0 Å². The number of halogens is 2. The summed E-state index contributed by atoms with van der Waals surface area (Å²) in [4.78, 5) is 5.26. The fraction of sp³-hybridized carbons (Fsp3) is 0.364. The van der Waals surface area contributed by atoms with Gasteiger partial charge in [0.25, 0.3) is 0 Å². The van der Waals surface area contributed by atoms with Crippen molar-refractivity contribution < 1.29 is 9.57 Å². The van der Waals surface area contributed by atoms with Crippen LogP contribution >= 0.6 is 27.5 Å². The first-order valence-corrected chi connectivity index (χ1v) is 6.35. The van der Waals surface area contributed by atoms with Crippen molar-refractivity contribution in [2.45, 2.75) is 13.8 Å². The SMILES string of the molecule is CCOc1c(Cl)cc(N(C=N)OCC)cc1Br. The minimum absolute atomic E-state index is 0.470. The monoisotopic (exact) mass is 320 g/mol. The van der Waals surface area contributed by atoms with Crippen molar-refractivity contribution in [2.75, 3.05) is 18.3 Å². The van der Waals surface area contributed by atoms with Gasteiger partial charge in [0.15, 0.2) is 5.75 Å². The first-order chi connectivity index (χ1) is 8.13. The lowest BCUT2D eigenvalue weighted by Gasteiger charge is -2.19. The van der Waals surface area contributed by atoms with Gasteiger partial charge in [-0.2, -0.15) is 0 Å². The average molecular weight is 322 g/mol. The van der Waals surface area contributed by atoms with E-state index in [1.807, 2.05) is 13.8 Å². The van der Waals surface area contributed by atoms with Crippen LogP contribution in [0.2, 0.25) is 5.02 Å². The Morgan fingerprint density at radius 2 is 2.12 bits per heavy atom. The number of benzene rings is 1. The van der Waals surface area contributed by atoms with E-state index in [9.17, 15) is 0 Å². The molecule has 1 N–H and O–H groups in total. The Labute approximate surface area is 114 Å². The fourth-order valence-electron chi connectivity index (χ4n) is 1.28. The van der Waals surface area contributed by atoms with Crippen LogP contribution in [0.5, 0.6) is 5.75 Å². The summed E-state index contributed by atoms with van der Waals surface area (Å²) in [5.41, 5.74) is 0.669. The molecule has 1 rings (SSSR count). The van der Waals surface area contributed by atoms with Crippen molar-refractivity contribution in [3.8, 4) is 5.75 Å². The van der Waals surface area contributed by atoms with Crippen molar-refractivity contribution >= 4 is 39.6 Å². The molecular formula is C11H14BrClN2O2. The third-order valence-electron chi connectivity index (χ3n) is 1.91. The molecule has 0 unspecified atom stereocenters. The van der Waals surface area contributed by atoms with Crippen molar-refractivity contribution in [3.63, 3.8) is 0 Å². The van der Waals surface area contributed by atoms with Crippen molar-refractivity contribution in [1.29, 1.82) is 5.41 Å². The van der Waals surface area contributed by atoms with Gasteiger partial charge >= 0.3 is 0 Å². The lowest BCUT2D eigenvalue weighted by atomic mass is 10.3.